The summed E-state index contributed by atoms with van der Waals surface area (Å²) < 4.78 is 5.57. The monoisotopic (exact) mass is 400 g/mol. The molecule has 0 aromatic heterocycles. The van der Waals surface area contributed by atoms with Crippen molar-refractivity contribution in [3.63, 3.8) is 0 Å². The SMILES string of the molecule is CN1C(=O)N(CC(=O)N2CC(C(N)=O)Oc3ccccc32)C(=O)C12CCCCC2. The van der Waals surface area contributed by atoms with Gasteiger partial charge in [0, 0.05) is 7.05 Å². The van der Waals surface area contributed by atoms with Gasteiger partial charge in [-0.05, 0) is 25.0 Å². The van der Waals surface area contributed by atoms with Crippen LogP contribution in [-0.2, 0) is 14.4 Å². The van der Waals surface area contributed by atoms with Crippen LogP contribution in [0.3, 0.4) is 0 Å². The van der Waals surface area contributed by atoms with E-state index in [1.807, 2.05) is 0 Å². The first-order chi connectivity index (χ1) is 13.8. The number of likely N-dealkylation sites (N-methyl/N-ethyl adjacent to an activating group) is 1. The Morgan fingerprint density at radius 3 is 2.55 bits per heavy atom. The van der Waals surface area contributed by atoms with E-state index in [-0.39, 0.29) is 19.0 Å². The molecule has 0 radical (unpaired) electrons. The van der Waals surface area contributed by atoms with E-state index < -0.39 is 29.5 Å². The van der Waals surface area contributed by atoms with Gasteiger partial charge in [0.05, 0.1) is 12.2 Å². The predicted molar refractivity (Wildman–Crippen MR) is 103 cm³/mol. The number of hydrogen-bond donors (Lipinski definition) is 1. The smallest absolute Gasteiger partial charge is 0.327 e. The maximum Gasteiger partial charge on any atom is 0.327 e. The molecule has 2 N–H and O–H groups in total. The standard InChI is InChI=1S/C20H24N4O5/c1-22-19(28)24(18(27)20(22)9-5-2-6-10-20)12-16(25)23-11-15(17(21)26)29-14-8-4-3-7-13(14)23/h3-4,7-8,15H,2,5-6,9-12H2,1H3,(H2,21,26). The van der Waals surface area contributed by atoms with Crippen LogP contribution in [-0.4, -0.2) is 65.3 Å². The first kappa shape index (κ1) is 19.2. The largest absolute Gasteiger partial charge is 0.477 e. The molecule has 154 valence electrons. The summed E-state index contributed by atoms with van der Waals surface area (Å²) >= 11 is 0. The van der Waals surface area contributed by atoms with Gasteiger partial charge in [-0.2, -0.15) is 0 Å². The van der Waals surface area contributed by atoms with Gasteiger partial charge >= 0.3 is 6.03 Å². The summed E-state index contributed by atoms with van der Waals surface area (Å²) in [4.78, 5) is 54.6. The lowest BCUT2D eigenvalue weighted by Gasteiger charge is -2.36. The average molecular weight is 400 g/mol. The minimum absolute atomic E-state index is 0.0671. The van der Waals surface area contributed by atoms with Gasteiger partial charge in [0.2, 0.25) is 5.91 Å². The van der Waals surface area contributed by atoms with Crippen molar-refractivity contribution in [2.75, 3.05) is 25.0 Å². The summed E-state index contributed by atoms with van der Waals surface area (Å²) in [6, 6.07) is 6.33. The third kappa shape index (κ3) is 3.01. The lowest BCUT2D eigenvalue weighted by Crippen LogP contribution is -2.52. The fraction of sp³-hybridized carbons (Fsp3) is 0.500. The number of carbonyl (C=O) groups is 4. The molecule has 1 spiro atoms. The molecule has 1 unspecified atom stereocenters. The normalized spacial score (nSPS) is 23.2. The molecule has 1 aromatic rings. The van der Waals surface area contributed by atoms with Crippen LogP contribution in [0.1, 0.15) is 32.1 Å². The molecule has 2 heterocycles. The van der Waals surface area contributed by atoms with Gasteiger partial charge in [-0.25, -0.2) is 4.79 Å². The summed E-state index contributed by atoms with van der Waals surface area (Å²) in [6.07, 6.45) is 3.02. The molecule has 29 heavy (non-hydrogen) atoms. The second-order valence-corrected chi connectivity index (χ2v) is 7.81. The maximum absolute atomic E-state index is 13.1. The van der Waals surface area contributed by atoms with E-state index in [9.17, 15) is 19.2 Å². The molecule has 1 saturated carbocycles. The lowest BCUT2D eigenvalue weighted by atomic mass is 9.81. The number of urea groups is 1. The first-order valence-electron chi connectivity index (χ1n) is 9.80. The molecule has 5 amide bonds. The lowest BCUT2D eigenvalue weighted by molar-refractivity contribution is -0.137. The van der Waals surface area contributed by atoms with Gasteiger partial charge in [0.1, 0.15) is 17.8 Å². The van der Waals surface area contributed by atoms with Crippen LogP contribution in [0.5, 0.6) is 5.75 Å². The number of amides is 5. The first-order valence-corrected chi connectivity index (χ1v) is 9.80. The molecule has 1 atom stereocenters. The van der Waals surface area contributed by atoms with Gasteiger partial charge in [-0.3, -0.25) is 19.3 Å². The Kier molecular flexibility index (Phi) is 4.68. The molecule has 1 saturated heterocycles. The number of para-hydroxylation sites is 2. The van der Waals surface area contributed by atoms with Gasteiger partial charge in [0.25, 0.3) is 11.8 Å². The highest BCUT2D eigenvalue weighted by Gasteiger charge is 2.56. The van der Waals surface area contributed by atoms with Crippen molar-refractivity contribution in [2.45, 2.75) is 43.7 Å². The number of anilines is 1. The van der Waals surface area contributed by atoms with Crippen molar-refractivity contribution in [1.82, 2.24) is 9.80 Å². The van der Waals surface area contributed by atoms with Crippen molar-refractivity contribution in [3.8, 4) is 5.75 Å². The Morgan fingerprint density at radius 1 is 1.17 bits per heavy atom. The summed E-state index contributed by atoms with van der Waals surface area (Å²) in [5, 5.41) is 0. The van der Waals surface area contributed by atoms with Crippen LogP contribution in [0.15, 0.2) is 24.3 Å². The highest BCUT2D eigenvalue weighted by atomic mass is 16.5. The second-order valence-electron chi connectivity index (χ2n) is 7.81. The van der Waals surface area contributed by atoms with E-state index >= 15 is 0 Å². The van der Waals surface area contributed by atoms with Crippen LogP contribution < -0.4 is 15.4 Å². The molecule has 4 rings (SSSR count). The number of hydrogen-bond acceptors (Lipinski definition) is 5. The number of rotatable bonds is 3. The van der Waals surface area contributed by atoms with E-state index in [1.165, 1.54) is 9.80 Å². The number of nitrogens with two attached hydrogens (primary N) is 1. The zero-order chi connectivity index (χ0) is 20.8. The van der Waals surface area contributed by atoms with Crippen molar-refractivity contribution >= 4 is 29.4 Å². The number of fused-ring (bicyclic) bond motifs is 1. The third-order valence-electron chi connectivity index (χ3n) is 6.17. The number of nitrogens with zero attached hydrogens (tertiary/aromatic N) is 3. The molecule has 0 bridgehead atoms. The number of benzene rings is 1. The predicted octanol–water partition coefficient (Wildman–Crippen LogP) is 0.863. The minimum atomic E-state index is -0.994. The number of imide groups is 1. The molecule has 1 aromatic carbocycles. The van der Waals surface area contributed by atoms with Gasteiger partial charge in [-0.15, -0.1) is 0 Å². The molecule has 2 aliphatic heterocycles. The Bertz CT molecular complexity index is 879. The fourth-order valence-corrected chi connectivity index (χ4v) is 4.51. The molecule has 9 nitrogen and oxygen atoms in total. The molecular weight excluding hydrogens is 376 g/mol. The van der Waals surface area contributed by atoms with E-state index in [1.54, 1.807) is 31.3 Å². The van der Waals surface area contributed by atoms with Crippen molar-refractivity contribution < 1.29 is 23.9 Å². The second kappa shape index (κ2) is 7.06. The number of ether oxygens (including phenoxy) is 1. The van der Waals surface area contributed by atoms with E-state index in [0.29, 0.717) is 24.3 Å². The Morgan fingerprint density at radius 2 is 1.86 bits per heavy atom. The van der Waals surface area contributed by atoms with Gasteiger partial charge in [0.15, 0.2) is 6.10 Å². The molecular formula is C20H24N4O5. The highest BCUT2D eigenvalue weighted by Crippen LogP contribution is 2.40. The fourth-order valence-electron chi connectivity index (χ4n) is 4.51. The number of primary amides is 1. The zero-order valence-corrected chi connectivity index (χ0v) is 16.3. The average Bonchev–Trinajstić information content (AvgIpc) is 2.89. The topological polar surface area (TPSA) is 113 Å². The summed E-state index contributed by atoms with van der Waals surface area (Å²) in [5.41, 5.74) is 5.02. The van der Waals surface area contributed by atoms with E-state index in [4.69, 9.17) is 10.5 Å². The summed E-state index contributed by atoms with van der Waals surface area (Å²) in [7, 11) is 1.63. The van der Waals surface area contributed by atoms with Crippen LogP contribution in [0.4, 0.5) is 10.5 Å². The van der Waals surface area contributed by atoms with Gasteiger partial charge in [-0.1, -0.05) is 31.4 Å². The third-order valence-corrected chi connectivity index (χ3v) is 6.17. The van der Waals surface area contributed by atoms with Crippen LogP contribution in [0.2, 0.25) is 0 Å². The summed E-state index contributed by atoms with van der Waals surface area (Å²) in [5.74, 6) is -1.11. The van der Waals surface area contributed by atoms with Crippen LogP contribution in [0.25, 0.3) is 0 Å². The summed E-state index contributed by atoms with van der Waals surface area (Å²) in [6.45, 7) is -0.452. The number of carbonyl (C=O) groups excluding carboxylic acids is 4. The Hall–Kier alpha value is -3.10. The quantitative estimate of drug-likeness (QED) is 0.756. The molecule has 9 heteroatoms. The Labute approximate surface area is 168 Å². The van der Waals surface area contributed by atoms with Crippen molar-refractivity contribution in [2.24, 2.45) is 5.73 Å². The molecule has 3 aliphatic rings. The maximum atomic E-state index is 13.1. The van der Waals surface area contributed by atoms with Crippen molar-refractivity contribution in [1.29, 1.82) is 0 Å². The van der Waals surface area contributed by atoms with E-state index in [0.717, 1.165) is 24.2 Å². The molecule has 1 aliphatic carbocycles. The minimum Gasteiger partial charge on any atom is -0.477 e. The van der Waals surface area contributed by atoms with Crippen molar-refractivity contribution in [3.05, 3.63) is 24.3 Å². The van der Waals surface area contributed by atoms with E-state index in [2.05, 4.69) is 0 Å². The van der Waals surface area contributed by atoms with Crippen LogP contribution in [0, 0.1) is 0 Å². The Balaban J connectivity index is 1.58. The van der Waals surface area contributed by atoms with Gasteiger partial charge < -0.3 is 20.3 Å². The van der Waals surface area contributed by atoms with Crippen LogP contribution >= 0.6 is 0 Å². The molecule has 2 fully saturated rings. The highest BCUT2D eigenvalue weighted by molar-refractivity contribution is 6.10. The zero-order valence-electron chi connectivity index (χ0n) is 16.3.